The molecule has 0 aromatic carbocycles. The largest absolute Gasteiger partial charge is 0.388 e. The standard InChI is InChI=1S/C9H14N2OS/c12-9(2-1-3-10-6-9)4-8-5-11-7-13-8/h5,7,10,12H,1-4,6H2. The summed E-state index contributed by atoms with van der Waals surface area (Å²) >= 11 is 1.62. The van der Waals surface area contributed by atoms with Crippen LogP contribution < -0.4 is 5.32 Å². The van der Waals surface area contributed by atoms with Crippen LogP contribution in [0, 0.1) is 0 Å². The molecule has 2 N–H and O–H groups in total. The Bertz CT molecular complexity index is 255. The highest BCUT2D eigenvalue weighted by molar-refractivity contribution is 7.09. The monoisotopic (exact) mass is 198 g/mol. The number of rotatable bonds is 2. The van der Waals surface area contributed by atoms with Gasteiger partial charge in [-0.1, -0.05) is 0 Å². The SMILES string of the molecule is OC1(Cc2cncs2)CCCNC1. The van der Waals surface area contributed by atoms with Crippen molar-refractivity contribution in [1.29, 1.82) is 0 Å². The fourth-order valence-electron chi connectivity index (χ4n) is 1.76. The van der Waals surface area contributed by atoms with Gasteiger partial charge in [0, 0.05) is 24.0 Å². The van der Waals surface area contributed by atoms with Crippen molar-refractivity contribution in [2.45, 2.75) is 24.9 Å². The fourth-order valence-corrected chi connectivity index (χ4v) is 2.49. The zero-order valence-electron chi connectivity index (χ0n) is 7.49. The fraction of sp³-hybridized carbons (Fsp3) is 0.667. The third kappa shape index (κ3) is 2.27. The molecule has 0 amide bonds. The van der Waals surface area contributed by atoms with Crippen molar-refractivity contribution in [3.05, 3.63) is 16.6 Å². The van der Waals surface area contributed by atoms with Gasteiger partial charge >= 0.3 is 0 Å². The van der Waals surface area contributed by atoms with Gasteiger partial charge in [0.05, 0.1) is 11.1 Å². The second-order valence-corrected chi connectivity index (χ2v) is 4.62. The van der Waals surface area contributed by atoms with Crippen LogP contribution in [0.2, 0.25) is 0 Å². The Morgan fingerprint density at radius 3 is 3.23 bits per heavy atom. The van der Waals surface area contributed by atoms with Crippen molar-refractivity contribution in [3.8, 4) is 0 Å². The van der Waals surface area contributed by atoms with E-state index < -0.39 is 5.60 Å². The van der Waals surface area contributed by atoms with Crippen LogP contribution in [0.15, 0.2) is 11.7 Å². The quantitative estimate of drug-likeness (QED) is 0.739. The first kappa shape index (κ1) is 9.12. The molecule has 0 spiro atoms. The van der Waals surface area contributed by atoms with Crippen molar-refractivity contribution in [3.63, 3.8) is 0 Å². The smallest absolute Gasteiger partial charge is 0.0820 e. The molecular weight excluding hydrogens is 184 g/mol. The van der Waals surface area contributed by atoms with Crippen molar-refractivity contribution < 1.29 is 5.11 Å². The number of piperidine rings is 1. The predicted molar refractivity (Wildman–Crippen MR) is 52.9 cm³/mol. The van der Waals surface area contributed by atoms with Crippen LogP contribution in [0.4, 0.5) is 0 Å². The molecule has 0 bridgehead atoms. The lowest BCUT2D eigenvalue weighted by Gasteiger charge is -2.32. The molecule has 1 fully saturated rings. The molecule has 0 aliphatic carbocycles. The average Bonchev–Trinajstić information content (AvgIpc) is 2.57. The Labute approximate surface area is 81.8 Å². The van der Waals surface area contributed by atoms with Crippen LogP contribution >= 0.6 is 11.3 Å². The molecule has 13 heavy (non-hydrogen) atoms. The van der Waals surface area contributed by atoms with Crippen LogP contribution in [0.5, 0.6) is 0 Å². The first-order chi connectivity index (χ1) is 6.29. The van der Waals surface area contributed by atoms with Gasteiger partial charge in [0.2, 0.25) is 0 Å². The number of β-amino-alcohol motifs (C(OH)–C–C–N with tert-alkyl or cyclic N) is 1. The van der Waals surface area contributed by atoms with Gasteiger partial charge in [0.25, 0.3) is 0 Å². The third-order valence-corrected chi connectivity index (χ3v) is 3.22. The van der Waals surface area contributed by atoms with Crippen LogP contribution in [0.1, 0.15) is 17.7 Å². The molecule has 4 heteroatoms. The van der Waals surface area contributed by atoms with Gasteiger partial charge < -0.3 is 10.4 Å². The topological polar surface area (TPSA) is 45.2 Å². The minimum atomic E-state index is -0.537. The molecule has 1 unspecified atom stereocenters. The molecule has 1 aliphatic rings. The van der Waals surface area contributed by atoms with Gasteiger partial charge in [-0.3, -0.25) is 4.98 Å². The number of hydrogen-bond donors (Lipinski definition) is 2. The number of nitrogens with one attached hydrogen (secondary N) is 1. The first-order valence-corrected chi connectivity index (χ1v) is 5.47. The highest BCUT2D eigenvalue weighted by atomic mass is 32.1. The zero-order chi connectivity index (χ0) is 9.15. The number of hydrogen-bond acceptors (Lipinski definition) is 4. The summed E-state index contributed by atoms with van der Waals surface area (Å²) < 4.78 is 0. The van der Waals surface area contributed by atoms with Gasteiger partial charge in [-0.25, -0.2) is 0 Å². The van der Waals surface area contributed by atoms with E-state index in [1.807, 2.05) is 11.7 Å². The lowest BCUT2D eigenvalue weighted by molar-refractivity contribution is 0.0176. The molecule has 3 nitrogen and oxygen atoms in total. The molecule has 1 aliphatic heterocycles. The molecule has 1 atom stereocenters. The number of aliphatic hydroxyl groups is 1. The van der Waals surface area contributed by atoms with Gasteiger partial charge in [-0.15, -0.1) is 11.3 Å². The van der Waals surface area contributed by atoms with Crippen molar-refractivity contribution in [2.75, 3.05) is 13.1 Å². The lowest BCUT2D eigenvalue weighted by atomic mass is 9.90. The summed E-state index contributed by atoms with van der Waals surface area (Å²) in [5.41, 5.74) is 1.28. The minimum Gasteiger partial charge on any atom is -0.388 e. The molecule has 2 heterocycles. The Balaban J connectivity index is 1.99. The summed E-state index contributed by atoms with van der Waals surface area (Å²) in [5, 5.41) is 13.4. The van der Waals surface area contributed by atoms with Crippen LogP contribution in [-0.2, 0) is 6.42 Å². The number of aromatic nitrogens is 1. The summed E-state index contributed by atoms with van der Waals surface area (Å²) in [6, 6.07) is 0. The summed E-state index contributed by atoms with van der Waals surface area (Å²) in [6.07, 6.45) is 4.55. The predicted octanol–water partition coefficient (Wildman–Crippen LogP) is 0.800. The zero-order valence-corrected chi connectivity index (χ0v) is 8.31. The van der Waals surface area contributed by atoms with E-state index in [1.54, 1.807) is 11.3 Å². The maximum atomic E-state index is 10.2. The molecule has 1 saturated heterocycles. The Kier molecular flexibility index (Phi) is 2.62. The van der Waals surface area contributed by atoms with Gasteiger partial charge in [0.15, 0.2) is 0 Å². The summed E-state index contributed by atoms with van der Waals surface area (Å²) in [4.78, 5) is 5.18. The minimum absolute atomic E-state index is 0.537. The molecule has 1 aromatic rings. The van der Waals surface area contributed by atoms with E-state index in [1.165, 1.54) is 4.88 Å². The number of nitrogens with zero attached hydrogens (tertiary/aromatic N) is 1. The highest BCUT2D eigenvalue weighted by Gasteiger charge is 2.29. The van der Waals surface area contributed by atoms with Crippen LogP contribution in [0.25, 0.3) is 0 Å². The first-order valence-electron chi connectivity index (χ1n) is 4.59. The summed E-state index contributed by atoms with van der Waals surface area (Å²) in [6.45, 7) is 1.75. The third-order valence-electron chi connectivity index (χ3n) is 2.44. The summed E-state index contributed by atoms with van der Waals surface area (Å²) in [7, 11) is 0. The Morgan fingerprint density at radius 1 is 1.69 bits per heavy atom. The lowest BCUT2D eigenvalue weighted by Crippen LogP contribution is -2.46. The van der Waals surface area contributed by atoms with E-state index in [0.29, 0.717) is 6.54 Å². The maximum Gasteiger partial charge on any atom is 0.0820 e. The van der Waals surface area contributed by atoms with E-state index in [-0.39, 0.29) is 0 Å². The van der Waals surface area contributed by atoms with E-state index in [9.17, 15) is 5.11 Å². The number of thiazole rings is 1. The van der Waals surface area contributed by atoms with E-state index in [0.717, 1.165) is 25.8 Å². The van der Waals surface area contributed by atoms with E-state index in [2.05, 4.69) is 10.3 Å². The van der Waals surface area contributed by atoms with Crippen molar-refractivity contribution >= 4 is 11.3 Å². The second-order valence-electron chi connectivity index (χ2n) is 3.65. The molecule has 1 aromatic heterocycles. The average molecular weight is 198 g/mol. The molecular formula is C9H14N2OS. The molecule has 2 rings (SSSR count). The van der Waals surface area contributed by atoms with Crippen molar-refractivity contribution in [2.24, 2.45) is 0 Å². The maximum absolute atomic E-state index is 10.2. The van der Waals surface area contributed by atoms with E-state index in [4.69, 9.17) is 0 Å². The Hall–Kier alpha value is -0.450. The van der Waals surface area contributed by atoms with Gasteiger partial charge in [-0.05, 0) is 19.4 Å². The molecule has 0 saturated carbocycles. The Morgan fingerprint density at radius 2 is 2.62 bits per heavy atom. The van der Waals surface area contributed by atoms with Gasteiger partial charge in [-0.2, -0.15) is 0 Å². The molecule has 72 valence electrons. The van der Waals surface area contributed by atoms with Crippen LogP contribution in [0.3, 0.4) is 0 Å². The second kappa shape index (κ2) is 3.74. The van der Waals surface area contributed by atoms with Gasteiger partial charge in [0.1, 0.15) is 0 Å². The highest BCUT2D eigenvalue weighted by Crippen LogP contribution is 2.22. The molecule has 0 radical (unpaired) electrons. The van der Waals surface area contributed by atoms with E-state index >= 15 is 0 Å². The van der Waals surface area contributed by atoms with Crippen LogP contribution in [-0.4, -0.2) is 28.8 Å². The normalized spacial score (nSPS) is 29.0. The summed E-state index contributed by atoms with van der Waals surface area (Å²) in [5.74, 6) is 0. The van der Waals surface area contributed by atoms with Crippen molar-refractivity contribution in [1.82, 2.24) is 10.3 Å².